The summed E-state index contributed by atoms with van der Waals surface area (Å²) >= 11 is 6.67. The van der Waals surface area contributed by atoms with E-state index in [0.29, 0.717) is 5.02 Å². The van der Waals surface area contributed by atoms with Crippen molar-refractivity contribution >= 4 is 50.7 Å². The molecule has 7 nitrogen and oxygen atoms in total. The number of halogens is 1. The topological polar surface area (TPSA) is 90.0 Å². The molecule has 1 fully saturated rings. The molecule has 4 rings (SSSR count). The van der Waals surface area contributed by atoms with Crippen LogP contribution in [0.5, 0.6) is 11.5 Å². The van der Waals surface area contributed by atoms with Crippen LogP contribution < -0.4 is 8.92 Å². The molecule has 0 saturated carbocycles. The Hall–Kier alpha value is -3.27. The third-order valence-electron chi connectivity index (χ3n) is 5.15. The Morgan fingerprint density at radius 3 is 2.34 bits per heavy atom. The molecule has 0 aromatic heterocycles. The number of aryl methyl sites for hydroxylation is 1. The predicted octanol–water partition coefficient (Wildman–Crippen LogP) is 5.66. The Bertz CT molecular complexity index is 1420. The van der Waals surface area contributed by atoms with Crippen LogP contribution in [0, 0.1) is 6.92 Å². The summed E-state index contributed by atoms with van der Waals surface area (Å²) in [5.74, 6) is -0.417. The molecule has 0 unspecified atom stereocenters. The first-order valence-electron chi connectivity index (χ1n) is 10.4. The molecule has 10 heteroatoms. The number of ether oxygens (including phenoxy) is 1. The highest BCUT2D eigenvalue weighted by atomic mass is 35.5. The fraction of sp³-hybridized carbons (Fsp3) is 0.120. The van der Waals surface area contributed by atoms with Gasteiger partial charge in [-0.1, -0.05) is 53.6 Å². The second kappa shape index (κ2) is 10.2. The van der Waals surface area contributed by atoms with E-state index in [2.05, 4.69) is 0 Å². The summed E-state index contributed by atoms with van der Waals surface area (Å²) in [7, 11) is -2.81. The Morgan fingerprint density at radius 2 is 1.69 bits per heavy atom. The first-order valence-corrected chi connectivity index (χ1v) is 13.0. The average Bonchev–Trinajstić information content (AvgIpc) is 3.09. The second-order valence-electron chi connectivity index (χ2n) is 7.62. The number of carbonyl (C=O) groups is 2. The van der Waals surface area contributed by atoms with E-state index in [9.17, 15) is 18.0 Å². The Morgan fingerprint density at radius 1 is 1.00 bits per heavy atom. The van der Waals surface area contributed by atoms with Gasteiger partial charge in [0, 0.05) is 10.6 Å². The van der Waals surface area contributed by atoms with Gasteiger partial charge >= 0.3 is 10.1 Å². The maximum atomic E-state index is 13.0. The number of carbonyl (C=O) groups excluding carboxylic acids is 2. The molecule has 0 bridgehead atoms. The molecule has 35 heavy (non-hydrogen) atoms. The summed E-state index contributed by atoms with van der Waals surface area (Å²) in [6.45, 7) is 1.93. The molecule has 3 aromatic carbocycles. The van der Waals surface area contributed by atoms with Crippen molar-refractivity contribution in [3.8, 4) is 11.5 Å². The van der Waals surface area contributed by atoms with E-state index in [-0.39, 0.29) is 33.4 Å². The third-order valence-corrected chi connectivity index (χ3v) is 7.54. The predicted molar refractivity (Wildman–Crippen MR) is 135 cm³/mol. The quantitative estimate of drug-likeness (QED) is 0.288. The Labute approximate surface area is 212 Å². The fourth-order valence-electron chi connectivity index (χ4n) is 3.31. The molecular formula is C25H20ClNO6S2. The molecule has 1 aliphatic rings. The number of imide groups is 1. The van der Waals surface area contributed by atoms with Crippen LogP contribution in [-0.4, -0.2) is 31.6 Å². The highest BCUT2D eigenvalue weighted by Gasteiger charge is 2.35. The average molecular weight is 530 g/mol. The van der Waals surface area contributed by atoms with Crippen LogP contribution in [0.2, 0.25) is 5.02 Å². The summed E-state index contributed by atoms with van der Waals surface area (Å²) in [6, 6.07) is 17.8. The number of hydrogen-bond acceptors (Lipinski definition) is 7. The van der Waals surface area contributed by atoms with Crippen LogP contribution in [0.25, 0.3) is 6.08 Å². The first-order chi connectivity index (χ1) is 16.7. The van der Waals surface area contributed by atoms with Crippen molar-refractivity contribution in [3.05, 3.63) is 93.3 Å². The van der Waals surface area contributed by atoms with Crippen LogP contribution in [0.4, 0.5) is 4.79 Å². The van der Waals surface area contributed by atoms with Crippen LogP contribution in [0.15, 0.2) is 76.5 Å². The normalized spacial score (nSPS) is 15.1. The molecule has 180 valence electrons. The lowest BCUT2D eigenvalue weighted by Crippen LogP contribution is -2.27. The van der Waals surface area contributed by atoms with E-state index in [1.165, 1.54) is 25.3 Å². The van der Waals surface area contributed by atoms with Gasteiger partial charge in [-0.25, -0.2) is 0 Å². The maximum Gasteiger partial charge on any atom is 0.339 e. The largest absolute Gasteiger partial charge is 0.493 e. The molecule has 3 aromatic rings. The van der Waals surface area contributed by atoms with E-state index in [1.807, 2.05) is 6.92 Å². The van der Waals surface area contributed by atoms with Crippen LogP contribution >= 0.6 is 23.4 Å². The summed E-state index contributed by atoms with van der Waals surface area (Å²) in [4.78, 5) is 26.8. The van der Waals surface area contributed by atoms with Gasteiger partial charge in [0.1, 0.15) is 4.90 Å². The number of benzene rings is 3. The molecular weight excluding hydrogens is 510 g/mol. The zero-order chi connectivity index (χ0) is 25.2. The maximum absolute atomic E-state index is 13.0. The summed E-state index contributed by atoms with van der Waals surface area (Å²) < 4.78 is 36.6. The van der Waals surface area contributed by atoms with Gasteiger partial charge in [0.25, 0.3) is 11.1 Å². The van der Waals surface area contributed by atoms with Crippen molar-refractivity contribution in [1.29, 1.82) is 0 Å². The molecule has 2 amide bonds. The standard InChI is InChI=1S/C25H20ClNO6S2/c1-16-6-12-20(13-7-16)35(30,31)33-23-18(4-3-5-21(23)32-2)14-22-24(28)27(25(29)34-22)15-17-8-10-19(26)11-9-17/h3-14H,15H2,1-2H3/b22-14-. The Kier molecular flexibility index (Phi) is 7.20. The summed E-state index contributed by atoms with van der Waals surface area (Å²) in [5.41, 5.74) is 1.92. The molecule has 0 N–H and O–H groups in total. The molecule has 1 aliphatic heterocycles. The van der Waals surface area contributed by atoms with Crippen molar-refractivity contribution in [2.45, 2.75) is 18.4 Å². The van der Waals surface area contributed by atoms with Gasteiger partial charge in [-0.2, -0.15) is 8.42 Å². The highest BCUT2D eigenvalue weighted by Crippen LogP contribution is 2.39. The van der Waals surface area contributed by atoms with Gasteiger partial charge in [-0.15, -0.1) is 0 Å². The minimum Gasteiger partial charge on any atom is -0.493 e. The van der Waals surface area contributed by atoms with E-state index < -0.39 is 21.3 Å². The van der Waals surface area contributed by atoms with Crippen molar-refractivity contribution in [2.75, 3.05) is 7.11 Å². The van der Waals surface area contributed by atoms with Crippen molar-refractivity contribution < 1.29 is 26.9 Å². The monoisotopic (exact) mass is 529 g/mol. The van der Waals surface area contributed by atoms with Gasteiger partial charge in [0.2, 0.25) is 0 Å². The molecule has 1 saturated heterocycles. The zero-order valence-electron chi connectivity index (χ0n) is 18.7. The molecule has 0 atom stereocenters. The van der Waals surface area contributed by atoms with E-state index in [4.69, 9.17) is 20.5 Å². The highest BCUT2D eigenvalue weighted by molar-refractivity contribution is 8.18. The van der Waals surface area contributed by atoms with Gasteiger partial charge < -0.3 is 8.92 Å². The SMILES string of the molecule is COc1cccc(/C=C2\SC(=O)N(Cc3ccc(Cl)cc3)C2=O)c1OS(=O)(=O)c1ccc(C)cc1. The number of methoxy groups -OCH3 is 1. The van der Waals surface area contributed by atoms with Gasteiger partial charge in [0.05, 0.1) is 18.6 Å². The zero-order valence-corrected chi connectivity index (χ0v) is 21.1. The lowest BCUT2D eigenvalue weighted by atomic mass is 10.1. The van der Waals surface area contributed by atoms with Crippen LogP contribution in [0.1, 0.15) is 16.7 Å². The van der Waals surface area contributed by atoms with Gasteiger partial charge in [-0.3, -0.25) is 14.5 Å². The van der Waals surface area contributed by atoms with Crippen molar-refractivity contribution in [2.24, 2.45) is 0 Å². The molecule has 0 spiro atoms. The van der Waals surface area contributed by atoms with Gasteiger partial charge in [-0.05, 0) is 60.7 Å². The number of hydrogen-bond donors (Lipinski definition) is 0. The number of para-hydroxylation sites is 1. The Balaban J connectivity index is 1.65. The molecule has 0 aliphatic carbocycles. The van der Waals surface area contributed by atoms with Crippen LogP contribution in [-0.2, 0) is 21.5 Å². The van der Waals surface area contributed by atoms with E-state index in [0.717, 1.165) is 27.8 Å². The lowest BCUT2D eigenvalue weighted by Gasteiger charge is -2.14. The number of thioether (sulfide) groups is 1. The van der Waals surface area contributed by atoms with E-state index in [1.54, 1.807) is 54.6 Å². The summed E-state index contributed by atoms with van der Waals surface area (Å²) in [6.07, 6.45) is 1.43. The minimum absolute atomic E-state index is 0.0248. The van der Waals surface area contributed by atoms with Gasteiger partial charge in [0.15, 0.2) is 11.5 Å². The van der Waals surface area contributed by atoms with Crippen LogP contribution in [0.3, 0.4) is 0 Å². The number of rotatable bonds is 7. The second-order valence-corrected chi connectivity index (χ2v) is 10.6. The lowest BCUT2D eigenvalue weighted by molar-refractivity contribution is -0.123. The number of nitrogens with zero attached hydrogens (tertiary/aromatic N) is 1. The summed E-state index contributed by atoms with van der Waals surface area (Å²) in [5, 5.41) is 0.114. The molecule has 1 heterocycles. The minimum atomic E-state index is -4.19. The fourth-order valence-corrected chi connectivity index (χ4v) is 5.23. The smallest absolute Gasteiger partial charge is 0.339 e. The van der Waals surface area contributed by atoms with Crippen molar-refractivity contribution in [1.82, 2.24) is 4.90 Å². The first kappa shape index (κ1) is 24.8. The van der Waals surface area contributed by atoms with E-state index >= 15 is 0 Å². The van der Waals surface area contributed by atoms with Crippen molar-refractivity contribution in [3.63, 3.8) is 0 Å². The molecule has 0 radical (unpaired) electrons. The number of amides is 2. The third kappa shape index (κ3) is 5.53.